The number of halogens is 1. The number of nitriles is 1. The monoisotopic (exact) mass is 515 g/mol. The molecule has 2 heterocycles. The lowest BCUT2D eigenvalue weighted by Crippen LogP contribution is -2.45. The van der Waals surface area contributed by atoms with Crippen molar-refractivity contribution in [2.45, 2.75) is 58.7 Å². The van der Waals surface area contributed by atoms with Gasteiger partial charge in [-0.15, -0.1) is 0 Å². The SMILES string of the molecule is Cc1ccc(C(=O)N2CCC(F)(C3=CC=C(C#N)C(C)C3)CC2)cc1NC(=O)c1ccc(NC(C)C)nc1. The van der Waals surface area contributed by atoms with Crippen LogP contribution in [-0.2, 0) is 0 Å². The van der Waals surface area contributed by atoms with Crippen molar-refractivity contribution in [3.63, 3.8) is 0 Å². The predicted octanol–water partition coefficient (Wildman–Crippen LogP) is 5.82. The molecule has 1 aliphatic carbocycles. The van der Waals surface area contributed by atoms with Crippen molar-refractivity contribution in [3.8, 4) is 6.07 Å². The number of hydrogen-bond acceptors (Lipinski definition) is 5. The van der Waals surface area contributed by atoms with Crippen molar-refractivity contribution in [2.24, 2.45) is 5.92 Å². The Kier molecular flexibility index (Phi) is 7.96. The largest absolute Gasteiger partial charge is 0.368 e. The summed E-state index contributed by atoms with van der Waals surface area (Å²) in [4.78, 5) is 32.1. The van der Waals surface area contributed by atoms with Crippen LogP contribution in [0.15, 0.2) is 59.8 Å². The minimum atomic E-state index is -1.47. The van der Waals surface area contributed by atoms with Crippen molar-refractivity contribution >= 4 is 23.3 Å². The number of benzene rings is 1. The van der Waals surface area contributed by atoms with Crippen LogP contribution >= 0.6 is 0 Å². The molecule has 2 N–H and O–H groups in total. The highest BCUT2D eigenvalue weighted by Crippen LogP contribution is 2.40. The maximum absolute atomic E-state index is 15.8. The van der Waals surface area contributed by atoms with E-state index in [1.54, 1.807) is 47.4 Å². The Balaban J connectivity index is 1.41. The van der Waals surface area contributed by atoms with Crippen molar-refractivity contribution in [1.82, 2.24) is 9.88 Å². The van der Waals surface area contributed by atoms with Crippen LogP contribution in [-0.4, -0.2) is 46.5 Å². The fourth-order valence-electron chi connectivity index (χ4n) is 4.90. The first-order valence-corrected chi connectivity index (χ1v) is 13.0. The molecule has 1 aromatic heterocycles. The van der Waals surface area contributed by atoms with Gasteiger partial charge in [0.2, 0.25) is 0 Å². The van der Waals surface area contributed by atoms with E-state index in [2.05, 4.69) is 21.7 Å². The highest BCUT2D eigenvalue weighted by atomic mass is 19.1. The third-order valence-corrected chi connectivity index (χ3v) is 7.26. The number of nitrogens with one attached hydrogen (secondary N) is 2. The third-order valence-electron chi connectivity index (χ3n) is 7.26. The Morgan fingerprint density at radius 3 is 2.47 bits per heavy atom. The molecule has 1 aliphatic heterocycles. The quantitative estimate of drug-likeness (QED) is 0.505. The molecule has 2 amide bonds. The molecule has 38 heavy (non-hydrogen) atoms. The first-order chi connectivity index (χ1) is 18.1. The van der Waals surface area contributed by atoms with Crippen molar-refractivity contribution in [3.05, 3.63) is 76.5 Å². The summed E-state index contributed by atoms with van der Waals surface area (Å²) < 4.78 is 15.8. The van der Waals surface area contributed by atoms with E-state index in [0.717, 1.165) is 5.56 Å². The molecule has 1 aromatic carbocycles. The highest BCUT2D eigenvalue weighted by molar-refractivity contribution is 6.05. The molecule has 2 aromatic rings. The van der Waals surface area contributed by atoms with Gasteiger partial charge in [0.05, 0.1) is 11.6 Å². The zero-order chi connectivity index (χ0) is 27.4. The molecular weight excluding hydrogens is 481 g/mol. The Morgan fingerprint density at radius 2 is 1.87 bits per heavy atom. The first kappa shape index (κ1) is 27.1. The van der Waals surface area contributed by atoms with Crippen LogP contribution in [0.25, 0.3) is 0 Å². The van der Waals surface area contributed by atoms with Crippen LogP contribution in [0, 0.1) is 24.2 Å². The van der Waals surface area contributed by atoms with Crippen molar-refractivity contribution in [1.29, 1.82) is 5.26 Å². The first-order valence-electron chi connectivity index (χ1n) is 13.0. The van der Waals surface area contributed by atoms with Gasteiger partial charge >= 0.3 is 0 Å². The summed E-state index contributed by atoms with van der Waals surface area (Å²) in [5.74, 6) is 0.187. The number of amides is 2. The normalized spacial score (nSPS) is 18.8. The molecule has 4 rings (SSSR count). The van der Waals surface area contributed by atoms with E-state index < -0.39 is 5.67 Å². The van der Waals surface area contributed by atoms with Crippen molar-refractivity contribution < 1.29 is 14.0 Å². The minimum absolute atomic E-state index is 0.00102. The van der Waals surface area contributed by atoms with Crippen LogP contribution in [0.4, 0.5) is 15.9 Å². The number of rotatable bonds is 6. The summed E-state index contributed by atoms with van der Waals surface area (Å²) >= 11 is 0. The summed E-state index contributed by atoms with van der Waals surface area (Å²) in [6.07, 6.45) is 5.94. The zero-order valence-corrected chi connectivity index (χ0v) is 22.3. The Labute approximate surface area is 223 Å². The number of aromatic nitrogens is 1. The number of hydrogen-bond donors (Lipinski definition) is 2. The molecule has 2 aliphatic rings. The summed E-state index contributed by atoms with van der Waals surface area (Å²) in [5.41, 5.74) is 2.13. The number of aryl methyl sites for hydroxylation is 1. The number of carbonyl (C=O) groups is 2. The lowest BCUT2D eigenvalue weighted by Gasteiger charge is -2.39. The van der Waals surface area contributed by atoms with Gasteiger partial charge in [-0.1, -0.05) is 19.1 Å². The van der Waals surface area contributed by atoms with E-state index in [1.807, 2.05) is 27.7 Å². The Morgan fingerprint density at radius 1 is 1.16 bits per heavy atom. The van der Waals surface area contributed by atoms with E-state index in [0.29, 0.717) is 53.3 Å². The molecule has 0 bridgehead atoms. The van der Waals surface area contributed by atoms with Gasteiger partial charge in [0, 0.05) is 55.0 Å². The molecule has 0 saturated carbocycles. The van der Waals surface area contributed by atoms with Gasteiger partial charge in [0.1, 0.15) is 11.5 Å². The van der Waals surface area contributed by atoms with Crippen LogP contribution in [0.1, 0.15) is 66.3 Å². The minimum Gasteiger partial charge on any atom is -0.368 e. The van der Waals surface area contributed by atoms with E-state index in [-0.39, 0.29) is 36.6 Å². The van der Waals surface area contributed by atoms with Gasteiger partial charge in [0.15, 0.2) is 0 Å². The van der Waals surface area contributed by atoms with Gasteiger partial charge in [-0.3, -0.25) is 9.59 Å². The van der Waals surface area contributed by atoms with E-state index in [1.165, 1.54) is 6.20 Å². The second-order valence-electron chi connectivity index (χ2n) is 10.5. The number of allylic oxidation sites excluding steroid dienone is 4. The number of pyridine rings is 1. The van der Waals surface area contributed by atoms with E-state index in [4.69, 9.17) is 0 Å². The molecule has 1 unspecified atom stereocenters. The summed E-state index contributed by atoms with van der Waals surface area (Å²) in [5, 5.41) is 15.3. The second kappa shape index (κ2) is 11.2. The van der Waals surface area contributed by atoms with Gasteiger partial charge in [-0.2, -0.15) is 5.26 Å². The van der Waals surface area contributed by atoms with Gasteiger partial charge in [-0.25, -0.2) is 9.37 Å². The predicted molar refractivity (Wildman–Crippen MR) is 147 cm³/mol. The van der Waals surface area contributed by atoms with Crippen LogP contribution in [0.2, 0.25) is 0 Å². The molecule has 8 heteroatoms. The molecule has 0 spiro atoms. The van der Waals surface area contributed by atoms with Crippen LogP contribution < -0.4 is 10.6 Å². The molecular formula is C30H34FN5O2. The fourth-order valence-corrected chi connectivity index (χ4v) is 4.90. The lowest BCUT2D eigenvalue weighted by atomic mass is 9.77. The molecule has 1 saturated heterocycles. The smallest absolute Gasteiger partial charge is 0.257 e. The third kappa shape index (κ3) is 5.94. The van der Waals surface area contributed by atoms with Crippen LogP contribution in [0.5, 0.6) is 0 Å². The highest BCUT2D eigenvalue weighted by Gasteiger charge is 2.40. The molecule has 7 nitrogen and oxygen atoms in total. The van der Waals surface area contributed by atoms with Crippen LogP contribution in [0.3, 0.4) is 0 Å². The number of carbonyl (C=O) groups excluding carboxylic acids is 2. The number of likely N-dealkylation sites (tertiary alicyclic amines) is 1. The molecule has 1 atom stereocenters. The average molecular weight is 516 g/mol. The summed E-state index contributed by atoms with van der Waals surface area (Å²) in [7, 11) is 0. The average Bonchev–Trinajstić information content (AvgIpc) is 2.90. The lowest BCUT2D eigenvalue weighted by molar-refractivity contribution is 0.0537. The van der Waals surface area contributed by atoms with Gasteiger partial charge in [-0.05, 0) is 74.6 Å². The molecule has 1 fully saturated rings. The topological polar surface area (TPSA) is 98.1 Å². The number of anilines is 2. The standard InChI is InChI=1S/C30H34FN5O2/c1-19(2)34-27-10-8-24(18-33-27)28(37)35-26-16-22(6-5-20(26)3)29(38)36-13-11-30(31,12-14-36)25-9-7-23(17-32)21(4)15-25/h5-10,16,18-19,21H,11-15H2,1-4H3,(H,33,34)(H,35,37). The number of alkyl halides is 1. The fraction of sp³-hybridized carbons (Fsp3) is 0.400. The Hall–Kier alpha value is -3.99. The summed E-state index contributed by atoms with van der Waals surface area (Å²) in [6, 6.07) is 11.1. The van der Waals surface area contributed by atoms with Gasteiger partial charge in [0.25, 0.3) is 11.8 Å². The Bertz CT molecular complexity index is 1320. The van der Waals surface area contributed by atoms with E-state index in [9.17, 15) is 14.9 Å². The maximum atomic E-state index is 15.8. The maximum Gasteiger partial charge on any atom is 0.257 e. The zero-order valence-electron chi connectivity index (χ0n) is 22.3. The van der Waals surface area contributed by atoms with E-state index >= 15 is 4.39 Å². The number of nitrogens with zero attached hydrogens (tertiary/aromatic N) is 3. The summed E-state index contributed by atoms with van der Waals surface area (Å²) in [6.45, 7) is 8.42. The number of piperidine rings is 1. The van der Waals surface area contributed by atoms with Gasteiger partial charge < -0.3 is 15.5 Å². The molecule has 0 radical (unpaired) electrons. The second-order valence-corrected chi connectivity index (χ2v) is 10.5. The van der Waals surface area contributed by atoms with Crippen molar-refractivity contribution in [2.75, 3.05) is 23.7 Å². The molecule has 198 valence electrons.